The maximum Gasteiger partial charge on any atom is 0.132 e. The summed E-state index contributed by atoms with van der Waals surface area (Å²) in [5.74, 6) is 0.264. The fourth-order valence-corrected chi connectivity index (χ4v) is 1.73. The van der Waals surface area contributed by atoms with Gasteiger partial charge in [-0.25, -0.2) is 0 Å². The van der Waals surface area contributed by atoms with Crippen LogP contribution >= 0.6 is 11.6 Å². The Morgan fingerprint density at radius 1 is 1.47 bits per heavy atom. The van der Waals surface area contributed by atoms with Crippen molar-refractivity contribution in [1.82, 2.24) is 0 Å². The monoisotopic (exact) mass is 224 g/mol. The van der Waals surface area contributed by atoms with Gasteiger partial charge in [0.1, 0.15) is 5.78 Å². The zero-order valence-corrected chi connectivity index (χ0v) is 10.3. The van der Waals surface area contributed by atoms with Gasteiger partial charge in [0.15, 0.2) is 0 Å². The minimum absolute atomic E-state index is 0.0509. The third-order valence-electron chi connectivity index (χ3n) is 2.75. The summed E-state index contributed by atoms with van der Waals surface area (Å²) in [5.41, 5.74) is 2.30. The molecule has 0 aliphatic heterocycles. The number of carbonyl (C=O) groups is 1. The molecule has 15 heavy (non-hydrogen) atoms. The number of benzene rings is 1. The van der Waals surface area contributed by atoms with Gasteiger partial charge in [-0.1, -0.05) is 37.6 Å². The van der Waals surface area contributed by atoms with Gasteiger partial charge in [-0.3, -0.25) is 4.79 Å². The highest BCUT2D eigenvalue weighted by Gasteiger charge is 2.10. The van der Waals surface area contributed by atoms with Crippen LogP contribution in [0, 0.1) is 5.92 Å². The molecule has 0 saturated heterocycles. The van der Waals surface area contributed by atoms with Crippen LogP contribution in [0.15, 0.2) is 18.2 Å². The van der Waals surface area contributed by atoms with Gasteiger partial charge in [-0.05, 0) is 37.0 Å². The molecule has 0 saturated carbocycles. The van der Waals surface area contributed by atoms with Gasteiger partial charge in [0.2, 0.25) is 0 Å². The lowest BCUT2D eigenvalue weighted by Crippen LogP contribution is -2.09. The van der Waals surface area contributed by atoms with E-state index in [0.717, 1.165) is 23.4 Å². The Morgan fingerprint density at radius 3 is 2.60 bits per heavy atom. The first-order chi connectivity index (χ1) is 7.04. The number of aryl methyl sites for hydroxylation is 1. The Morgan fingerprint density at radius 2 is 2.13 bits per heavy atom. The Bertz CT molecular complexity index is 358. The first-order valence-electron chi connectivity index (χ1n) is 5.32. The van der Waals surface area contributed by atoms with Crippen LogP contribution in [0.5, 0.6) is 0 Å². The number of hydrogen-bond donors (Lipinski definition) is 0. The molecule has 0 radical (unpaired) electrons. The van der Waals surface area contributed by atoms with Gasteiger partial charge < -0.3 is 0 Å². The molecule has 1 atom stereocenters. The molecule has 1 nitrogen and oxygen atoms in total. The lowest BCUT2D eigenvalue weighted by molar-refractivity contribution is -0.120. The number of ketones is 1. The smallest absolute Gasteiger partial charge is 0.132 e. The largest absolute Gasteiger partial charge is 0.300 e. The van der Waals surface area contributed by atoms with E-state index in [1.165, 1.54) is 5.56 Å². The van der Waals surface area contributed by atoms with Gasteiger partial charge in [0.25, 0.3) is 0 Å². The Labute approximate surface area is 96.5 Å². The van der Waals surface area contributed by atoms with E-state index >= 15 is 0 Å². The third-order valence-corrected chi connectivity index (χ3v) is 3.10. The predicted octanol–water partition coefficient (Wildman–Crippen LogP) is 3.67. The summed E-state index contributed by atoms with van der Waals surface area (Å²) in [4.78, 5) is 11.1. The van der Waals surface area contributed by atoms with Gasteiger partial charge in [0.05, 0.1) is 0 Å². The molecule has 1 unspecified atom stereocenters. The molecule has 0 N–H and O–H groups in total. The van der Waals surface area contributed by atoms with Crippen LogP contribution in [-0.4, -0.2) is 5.78 Å². The van der Waals surface area contributed by atoms with Crippen molar-refractivity contribution in [3.63, 3.8) is 0 Å². The number of hydrogen-bond acceptors (Lipinski definition) is 1. The molecule has 0 aromatic heterocycles. The molecular formula is C13H17ClO. The Hall–Kier alpha value is -0.820. The SMILES string of the molecule is CCc1ccc(CC(C)C(C)=O)c(Cl)c1. The predicted molar refractivity (Wildman–Crippen MR) is 64.4 cm³/mol. The van der Waals surface area contributed by atoms with Crippen LogP contribution in [0.2, 0.25) is 5.02 Å². The van der Waals surface area contributed by atoms with Crippen molar-refractivity contribution in [3.8, 4) is 0 Å². The maximum atomic E-state index is 11.1. The summed E-state index contributed by atoms with van der Waals surface area (Å²) >= 11 is 6.15. The van der Waals surface area contributed by atoms with Crippen LogP contribution in [0.1, 0.15) is 31.9 Å². The standard InChI is InChI=1S/C13H17ClO/c1-4-11-5-6-12(13(14)8-11)7-9(2)10(3)15/h5-6,8-9H,4,7H2,1-3H3. The highest BCUT2D eigenvalue weighted by atomic mass is 35.5. The second kappa shape index (κ2) is 5.32. The zero-order valence-electron chi connectivity index (χ0n) is 9.51. The van der Waals surface area contributed by atoms with Gasteiger partial charge in [-0.2, -0.15) is 0 Å². The second-order valence-electron chi connectivity index (χ2n) is 4.00. The molecule has 1 aromatic rings. The molecule has 0 bridgehead atoms. The molecule has 0 heterocycles. The number of carbonyl (C=O) groups excluding carboxylic acids is 1. The Kier molecular flexibility index (Phi) is 4.34. The van der Waals surface area contributed by atoms with E-state index in [4.69, 9.17) is 11.6 Å². The molecule has 0 aliphatic carbocycles. The van der Waals surface area contributed by atoms with Crippen molar-refractivity contribution < 1.29 is 4.79 Å². The van der Waals surface area contributed by atoms with E-state index in [0.29, 0.717) is 0 Å². The molecule has 2 heteroatoms. The van der Waals surface area contributed by atoms with Crippen molar-refractivity contribution in [3.05, 3.63) is 34.3 Å². The summed E-state index contributed by atoms with van der Waals surface area (Å²) in [6.45, 7) is 5.66. The van der Waals surface area contributed by atoms with E-state index in [9.17, 15) is 4.79 Å². The van der Waals surface area contributed by atoms with Crippen molar-refractivity contribution >= 4 is 17.4 Å². The summed E-state index contributed by atoms with van der Waals surface area (Å²) in [7, 11) is 0. The van der Waals surface area contributed by atoms with Gasteiger partial charge in [-0.15, -0.1) is 0 Å². The molecule has 0 spiro atoms. The van der Waals surface area contributed by atoms with Crippen LogP contribution in [0.3, 0.4) is 0 Å². The zero-order chi connectivity index (χ0) is 11.4. The van der Waals surface area contributed by atoms with Gasteiger partial charge >= 0.3 is 0 Å². The summed E-state index contributed by atoms with van der Waals surface area (Å²) in [6, 6.07) is 6.10. The van der Waals surface area contributed by atoms with E-state index in [-0.39, 0.29) is 11.7 Å². The summed E-state index contributed by atoms with van der Waals surface area (Å²) < 4.78 is 0. The molecule has 82 valence electrons. The molecule has 0 aliphatic rings. The van der Waals surface area contributed by atoms with E-state index in [1.807, 2.05) is 19.1 Å². The average molecular weight is 225 g/mol. The van der Waals surface area contributed by atoms with Crippen LogP contribution in [0.4, 0.5) is 0 Å². The minimum atomic E-state index is 0.0509. The average Bonchev–Trinajstić information content (AvgIpc) is 2.20. The topological polar surface area (TPSA) is 17.1 Å². The van der Waals surface area contributed by atoms with E-state index in [2.05, 4.69) is 13.0 Å². The molecule has 0 amide bonds. The van der Waals surface area contributed by atoms with Crippen molar-refractivity contribution in [2.45, 2.75) is 33.6 Å². The van der Waals surface area contributed by atoms with E-state index < -0.39 is 0 Å². The molecule has 0 fully saturated rings. The minimum Gasteiger partial charge on any atom is -0.300 e. The van der Waals surface area contributed by atoms with Crippen LogP contribution < -0.4 is 0 Å². The molecular weight excluding hydrogens is 208 g/mol. The maximum absolute atomic E-state index is 11.1. The summed E-state index contributed by atoms with van der Waals surface area (Å²) in [6.07, 6.45) is 1.72. The lowest BCUT2D eigenvalue weighted by Gasteiger charge is -2.10. The van der Waals surface area contributed by atoms with Crippen molar-refractivity contribution in [2.24, 2.45) is 5.92 Å². The lowest BCUT2D eigenvalue weighted by atomic mass is 9.97. The van der Waals surface area contributed by atoms with Crippen LogP contribution in [0.25, 0.3) is 0 Å². The van der Waals surface area contributed by atoms with Crippen molar-refractivity contribution in [2.75, 3.05) is 0 Å². The third kappa shape index (κ3) is 3.35. The first kappa shape index (κ1) is 12.3. The number of halogens is 1. The van der Waals surface area contributed by atoms with Crippen LogP contribution in [-0.2, 0) is 17.6 Å². The number of Topliss-reactive ketones (excluding diaryl/α,β-unsaturated/α-hetero) is 1. The van der Waals surface area contributed by atoms with Gasteiger partial charge in [0, 0.05) is 10.9 Å². The van der Waals surface area contributed by atoms with E-state index in [1.54, 1.807) is 6.92 Å². The fraction of sp³-hybridized carbons (Fsp3) is 0.462. The normalized spacial score (nSPS) is 12.5. The highest BCUT2D eigenvalue weighted by Crippen LogP contribution is 2.21. The first-order valence-corrected chi connectivity index (χ1v) is 5.70. The number of rotatable bonds is 4. The quantitative estimate of drug-likeness (QED) is 0.763. The summed E-state index contributed by atoms with van der Waals surface area (Å²) in [5, 5.41) is 0.780. The second-order valence-corrected chi connectivity index (χ2v) is 4.40. The fourth-order valence-electron chi connectivity index (χ4n) is 1.45. The van der Waals surface area contributed by atoms with Crippen molar-refractivity contribution in [1.29, 1.82) is 0 Å². The molecule has 1 rings (SSSR count). The Balaban J connectivity index is 2.82. The molecule has 1 aromatic carbocycles. The highest BCUT2D eigenvalue weighted by molar-refractivity contribution is 6.31.